The molecule has 2 nitrogen and oxygen atoms in total. The lowest BCUT2D eigenvalue weighted by Gasteiger charge is -2.11. The van der Waals surface area contributed by atoms with Crippen molar-refractivity contribution in [2.24, 2.45) is 11.7 Å². The average molecular weight is 244 g/mol. The molecule has 1 fully saturated rings. The summed E-state index contributed by atoms with van der Waals surface area (Å²) in [6.07, 6.45) is 0.924. The molecule has 16 heavy (non-hydrogen) atoms. The Labute approximate surface area is 99.5 Å². The van der Waals surface area contributed by atoms with Gasteiger partial charge < -0.3 is 10.5 Å². The molecule has 2 rings (SSSR count). The van der Waals surface area contributed by atoms with E-state index >= 15 is 0 Å². The smallest absolute Gasteiger partial charge is 0.148 e. The van der Waals surface area contributed by atoms with Crippen LogP contribution in [0.25, 0.3) is 0 Å². The van der Waals surface area contributed by atoms with Gasteiger partial charge in [0.05, 0.1) is 11.6 Å². The molecule has 2 unspecified atom stereocenters. The Morgan fingerprint density at radius 2 is 2.31 bits per heavy atom. The van der Waals surface area contributed by atoms with Crippen LogP contribution in [0.5, 0.6) is 5.75 Å². The summed E-state index contributed by atoms with van der Waals surface area (Å²) in [5, 5.41) is 0.154. The molecule has 1 saturated carbocycles. The zero-order valence-corrected chi connectivity index (χ0v) is 9.93. The van der Waals surface area contributed by atoms with Crippen LogP contribution >= 0.6 is 11.6 Å². The summed E-state index contributed by atoms with van der Waals surface area (Å²) < 4.78 is 19.4. The van der Waals surface area contributed by atoms with Crippen LogP contribution in [0.4, 0.5) is 4.39 Å². The Hall–Kier alpha value is -0.800. The van der Waals surface area contributed by atoms with Gasteiger partial charge in [-0.15, -0.1) is 0 Å². The molecular formula is C12H15ClFNO. The van der Waals surface area contributed by atoms with E-state index in [1.54, 1.807) is 6.07 Å². The second-order valence-corrected chi connectivity index (χ2v) is 4.45. The standard InChI is InChI=1S/C12H15ClFNO/c1-2-16-10-4-3-9(13)12(14)11(10)8-5-7(8)6-15/h3-4,7-8H,2,5-6,15H2,1H3. The van der Waals surface area contributed by atoms with Crippen molar-refractivity contribution in [2.45, 2.75) is 19.3 Å². The van der Waals surface area contributed by atoms with E-state index in [-0.39, 0.29) is 16.8 Å². The molecule has 0 amide bonds. The third-order valence-electron chi connectivity index (χ3n) is 2.99. The number of ether oxygens (including phenoxy) is 1. The fourth-order valence-corrected chi connectivity index (χ4v) is 2.20. The van der Waals surface area contributed by atoms with E-state index in [9.17, 15) is 4.39 Å². The topological polar surface area (TPSA) is 35.2 Å². The molecular weight excluding hydrogens is 229 g/mol. The predicted octanol–water partition coefficient (Wildman–Crippen LogP) is 2.94. The summed E-state index contributed by atoms with van der Waals surface area (Å²) in [5.41, 5.74) is 6.18. The highest BCUT2D eigenvalue weighted by Crippen LogP contribution is 2.51. The average Bonchev–Trinajstić information content (AvgIpc) is 3.03. The second kappa shape index (κ2) is 4.60. The molecule has 4 heteroatoms. The fraction of sp³-hybridized carbons (Fsp3) is 0.500. The third kappa shape index (κ3) is 2.02. The molecule has 2 N–H and O–H groups in total. The summed E-state index contributed by atoms with van der Waals surface area (Å²) in [7, 11) is 0. The SMILES string of the molecule is CCOc1ccc(Cl)c(F)c1C1CC1CN. The Bertz CT molecular complexity index is 397. The molecule has 0 aromatic heterocycles. The predicted molar refractivity (Wildman–Crippen MR) is 62.5 cm³/mol. The van der Waals surface area contributed by atoms with Gasteiger partial charge in [0.2, 0.25) is 0 Å². The van der Waals surface area contributed by atoms with Crippen LogP contribution in [-0.4, -0.2) is 13.2 Å². The summed E-state index contributed by atoms with van der Waals surface area (Å²) >= 11 is 5.79. The molecule has 0 spiro atoms. The van der Waals surface area contributed by atoms with Crippen molar-refractivity contribution in [1.82, 2.24) is 0 Å². The van der Waals surface area contributed by atoms with Gasteiger partial charge in [-0.25, -0.2) is 4.39 Å². The third-order valence-corrected chi connectivity index (χ3v) is 3.28. The molecule has 0 bridgehead atoms. The van der Waals surface area contributed by atoms with Crippen molar-refractivity contribution in [1.29, 1.82) is 0 Å². The van der Waals surface area contributed by atoms with Crippen LogP contribution < -0.4 is 10.5 Å². The van der Waals surface area contributed by atoms with Gasteiger partial charge in [-0.05, 0) is 43.9 Å². The highest BCUT2D eigenvalue weighted by molar-refractivity contribution is 6.30. The minimum atomic E-state index is -0.353. The molecule has 1 aliphatic carbocycles. The zero-order chi connectivity index (χ0) is 11.7. The van der Waals surface area contributed by atoms with E-state index in [0.29, 0.717) is 30.4 Å². The summed E-state index contributed by atoms with van der Waals surface area (Å²) in [5.74, 6) is 0.788. The first kappa shape index (κ1) is 11.7. The van der Waals surface area contributed by atoms with Crippen LogP contribution in [-0.2, 0) is 0 Å². The van der Waals surface area contributed by atoms with Gasteiger partial charge in [0.25, 0.3) is 0 Å². The molecule has 1 aliphatic rings. The van der Waals surface area contributed by atoms with Crippen molar-refractivity contribution in [3.8, 4) is 5.75 Å². The van der Waals surface area contributed by atoms with E-state index in [1.807, 2.05) is 6.92 Å². The van der Waals surface area contributed by atoms with Crippen LogP contribution in [0.15, 0.2) is 12.1 Å². The normalized spacial score (nSPS) is 23.2. The number of nitrogens with two attached hydrogens (primary N) is 1. The number of hydrogen-bond donors (Lipinski definition) is 1. The van der Waals surface area contributed by atoms with Gasteiger partial charge in [0.1, 0.15) is 11.6 Å². The highest BCUT2D eigenvalue weighted by Gasteiger charge is 2.41. The van der Waals surface area contributed by atoms with Crippen molar-refractivity contribution < 1.29 is 9.13 Å². The quantitative estimate of drug-likeness (QED) is 0.883. The molecule has 1 aromatic rings. The van der Waals surface area contributed by atoms with E-state index in [4.69, 9.17) is 22.1 Å². The van der Waals surface area contributed by atoms with Gasteiger partial charge in [-0.3, -0.25) is 0 Å². The first-order valence-corrected chi connectivity index (χ1v) is 5.87. The summed E-state index contributed by atoms with van der Waals surface area (Å²) in [4.78, 5) is 0. The maximum absolute atomic E-state index is 13.9. The van der Waals surface area contributed by atoms with E-state index in [0.717, 1.165) is 6.42 Å². The molecule has 1 aromatic carbocycles. The van der Waals surface area contributed by atoms with Crippen LogP contribution in [0.1, 0.15) is 24.8 Å². The largest absolute Gasteiger partial charge is 0.493 e. The lowest BCUT2D eigenvalue weighted by molar-refractivity contribution is 0.333. The Morgan fingerprint density at radius 1 is 1.56 bits per heavy atom. The number of benzene rings is 1. The number of hydrogen-bond acceptors (Lipinski definition) is 2. The van der Waals surface area contributed by atoms with Gasteiger partial charge >= 0.3 is 0 Å². The Kier molecular flexibility index (Phi) is 3.36. The second-order valence-electron chi connectivity index (χ2n) is 4.04. The monoisotopic (exact) mass is 243 g/mol. The Morgan fingerprint density at radius 3 is 2.88 bits per heavy atom. The van der Waals surface area contributed by atoms with Crippen LogP contribution in [0, 0.1) is 11.7 Å². The van der Waals surface area contributed by atoms with Gasteiger partial charge in [-0.2, -0.15) is 0 Å². The number of rotatable bonds is 4. The lowest BCUT2D eigenvalue weighted by atomic mass is 10.1. The molecule has 0 radical (unpaired) electrons. The molecule has 0 heterocycles. The van der Waals surface area contributed by atoms with E-state index < -0.39 is 0 Å². The van der Waals surface area contributed by atoms with E-state index in [1.165, 1.54) is 6.07 Å². The molecule has 0 saturated heterocycles. The first-order chi connectivity index (χ1) is 7.69. The van der Waals surface area contributed by atoms with Crippen molar-refractivity contribution >= 4 is 11.6 Å². The minimum Gasteiger partial charge on any atom is -0.493 e. The van der Waals surface area contributed by atoms with Crippen LogP contribution in [0.3, 0.4) is 0 Å². The Balaban J connectivity index is 2.36. The van der Waals surface area contributed by atoms with Crippen molar-refractivity contribution in [2.75, 3.05) is 13.2 Å². The molecule has 88 valence electrons. The molecule has 0 aliphatic heterocycles. The van der Waals surface area contributed by atoms with Gasteiger partial charge in [-0.1, -0.05) is 11.6 Å². The lowest BCUT2D eigenvalue weighted by Crippen LogP contribution is -2.04. The zero-order valence-electron chi connectivity index (χ0n) is 9.17. The molecule has 2 atom stereocenters. The summed E-state index contributed by atoms with van der Waals surface area (Å²) in [6, 6.07) is 3.27. The van der Waals surface area contributed by atoms with Gasteiger partial charge in [0.15, 0.2) is 0 Å². The maximum atomic E-state index is 13.9. The minimum absolute atomic E-state index is 0.154. The first-order valence-electron chi connectivity index (χ1n) is 5.49. The van der Waals surface area contributed by atoms with Gasteiger partial charge in [0, 0.05) is 5.56 Å². The maximum Gasteiger partial charge on any atom is 0.148 e. The van der Waals surface area contributed by atoms with Crippen LogP contribution in [0.2, 0.25) is 5.02 Å². The van der Waals surface area contributed by atoms with E-state index in [2.05, 4.69) is 0 Å². The van der Waals surface area contributed by atoms with Crippen molar-refractivity contribution in [3.05, 3.63) is 28.5 Å². The highest BCUT2D eigenvalue weighted by atomic mass is 35.5. The fourth-order valence-electron chi connectivity index (χ4n) is 2.04. The number of halogens is 2. The summed E-state index contributed by atoms with van der Waals surface area (Å²) in [6.45, 7) is 2.99. The van der Waals surface area contributed by atoms with Crippen molar-refractivity contribution in [3.63, 3.8) is 0 Å².